The van der Waals surface area contributed by atoms with E-state index in [-0.39, 0.29) is 11.8 Å². The van der Waals surface area contributed by atoms with E-state index in [4.69, 9.17) is 4.42 Å². The van der Waals surface area contributed by atoms with Crippen LogP contribution in [0.1, 0.15) is 35.1 Å². The number of piperidine rings is 1. The van der Waals surface area contributed by atoms with Crippen molar-refractivity contribution >= 4 is 17.2 Å². The number of amides is 1. The van der Waals surface area contributed by atoms with Crippen molar-refractivity contribution in [3.05, 3.63) is 52.8 Å². The highest BCUT2D eigenvalue weighted by Gasteiger charge is 2.28. The predicted molar refractivity (Wildman–Crippen MR) is 89.7 cm³/mol. The second kappa shape index (κ2) is 6.52. The van der Waals surface area contributed by atoms with Crippen LogP contribution in [0, 0.1) is 0 Å². The second-order valence-corrected chi connectivity index (χ2v) is 6.52. The molecule has 3 aromatic heterocycles. The molecule has 0 unspecified atom stereocenters. The summed E-state index contributed by atoms with van der Waals surface area (Å²) in [6, 6.07) is 7.36. The Morgan fingerprint density at radius 2 is 2.08 bits per heavy atom. The minimum atomic E-state index is -0.0152. The number of carbonyl (C=O) groups is 1. The van der Waals surface area contributed by atoms with Gasteiger partial charge in [0.2, 0.25) is 11.8 Å². The monoisotopic (exact) mass is 340 g/mol. The molecule has 0 saturated carbocycles. The maximum absolute atomic E-state index is 12.4. The average Bonchev–Trinajstić information content (AvgIpc) is 3.33. The number of likely N-dealkylation sites (tertiary alicyclic amines) is 1. The average molecular weight is 340 g/mol. The molecule has 0 aliphatic carbocycles. The molecule has 0 N–H and O–H groups in total. The van der Waals surface area contributed by atoms with Crippen LogP contribution in [0.25, 0.3) is 11.5 Å². The van der Waals surface area contributed by atoms with Crippen LogP contribution in [0.15, 0.2) is 45.6 Å². The van der Waals surface area contributed by atoms with Gasteiger partial charge in [-0.15, -0.1) is 10.2 Å². The van der Waals surface area contributed by atoms with Crippen LogP contribution in [0.2, 0.25) is 0 Å². The van der Waals surface area contributed by atoms with Crippen molar-refractivity contribution in [2.24, 2.45) is 0 Å². The zero-order valence-corrected chi connectivity index (χ0v) is 13.8. The molecule has 1 saturated heterocycles. The molecule has 1 aliphatic heterocycles. The van der Waals surface area contributed by atoms with E-state index in [9.17, 15) is 4.79 Å². The van der Waals surface area contributed by atoms with Crippen molar-refractivity contribution in [3.63, 3.8) is 0 Å². The lowest BCUT2D eigenvalue weighted by molar-refractivity contribution is 0.0700. The molecule has 0 bridgehead atoms. The third-order valence-corrected chi connectivity index (χ3v) is 4.91. The van der Waals surface area contributed by atoms with E-state index in [1.54, 1.807) is 23.6 Å². The first kappa shape index (κ1) is 15.0. The fraction of sp³-hybridized carbons (Fsp3) is 0.294. The molecule has 3 aromatic rings. The van der Waals surface area contributed by atoms with E-state index >= 15 is 0 Å². The summed E-state index contributed by atoms with van der Waals surface area (Å²) in [5.74, 6) is 1.43. The molecule has 4 heterocycles. The summed E-state index contributed by atoms with van der Waals surface area (Å²) in [7, 11) is 0. The summed E-state index contributed by atoms with van der Waals surface area (Å²) >= 11 is 1.60. The van der Waals surface area contributed by atoms with Gasteiger partial charge in [-0.25, -0.2) is 0 Å². The van der Waals surface area contributed by atoms with Gasteiger partial charge in [-0.05, 0) is 36.4 Å². The van der Waals surface area contributed by atoms with Crippen molar-refractivity contribution < 1.29 is 9.21 Å². The van der Waals surface area contributed by atoms with Crippen LogP contribution in [0.5, 0.6) is 0 Å². The summed E-state index contributed by atoms with van der Waals surface area (Å²) in [6.45, 7) is 1.35. The van der Waals surface area contributed by atoms with Gasteiger partial charge in [0, 0.05) is 36.1 Å². The van der Waals surface area contributed by atoms with Crippen molar-refractivity contribution in [1.29, 1.82) is 0 Å². The Morgan fingerprint density at radius 3 is 2.79 bits per heavy atom. The zero-order chi connectivity index (χ0) is 16.4. The van der Waals surface area contributed by atoms with Crippen molar-refractivity contribution in [2.75, 3.05) is 13.1 Å². The smallest absolute Gasteiger partial charge is 0.272 e. The molecule has 24 heavy (non-hydrogen) atoms. The number of pyridine rings is 1. The Hall–Kier alpha value is -2.54. The SMILES string of the molecule is O=C(c1ccccn1)N1CCC(c2nnc(-c3ccsc3)o2)CC1. The standard InChI is InChI=1S/C17H16N4O2S/c22-17(14-3-1-2-7-18-14)21-8-4-12(5-9-21)15-19-20-16(23-15)13-6-10-24-11-13/h1-3,6-7,10-12H,4-5,8-9H2. The van der Waals surface area contributed by atoms with Crippen molar-refractivity contribution in [3.8, 4) is 11.5 Å². The summed E-state index contributed by atoms with van der Waals surface area (Å²) in [5.41, 5.74) is 1.45. The molecule has 1 amide bonds. The minimum absolute atomic E-state index is 0.0152. The number of nitrogens with zero attached hydrogens (tertiary/aromatic N) is 4. The van der Waals surface area contributed by atoms with Gasteiger partial charge >= 0.3 is 0 Å². The van der Waals surface area contributed by atoms with E-state index < -0.39 is 0 Å². The fourth-order valence-electron chi connectivity index (χ4n) is 2.88. The highest BCUT2D eigenvalue weighted by atomic mass is 32.1. The van der Waals surface area contributed by atoms with Gasteiger partial charge in [0.25, 0.3) is 5.91 Å². The van der Waals surface area contributed by atoms with Crippen molar-refractivity contribution in [1.82, 2.24) is 20.1 Å². The highest BCUT2D eigenvalue weighted by molar-refractivity contribution is 7.08. The van der Waals surface area contributed by atoms with E-state index in [1.165, 1.54) is 0 Å². The molecule has 0 radical (unpaired) electrons. The van der Waals surface area contributed by atoms with Crippen LogP contribution in [-0.4, -0.2) is 39.1 Å². The Kier molecular flexibility index (Phi) is 4.08. The van der Waals surface area contributed by atoms with E-state index in [0.717, 1.165) is 18.4 Å². The van der Waals surface area contributed by atoms with Gasteiger partial charge in [0.05, 0.1) is 0 Å². The third kappa shape index (κ3) is 2.94. The van der Waals surface area contributed by atoms with Gasteiger partial charge in [-0.3, -0.25) is 9.78 Å². The maximum atomic E-state index is 12.4. The van der Waals surface area contributed by atoms with Gasteiger partial charge in [-0.1, -0.05) is 6.07 Å². The van der Waals surface area contributed by atoms with Crippen LogP contribution >= 0.6 is 11.3 Å². The molecule has 122 valence electrons. The number of rotatable bonds is 3. The molecular weight excluding hydrogens is 324 g/mol. The number of aromatic nitrogens is 3. The van der Waals surface area contributed by atoms with E-state index in [2.05, 4.69) is 15.2 Å². The zero-order valence-electron chi connectivity index (χ0n) is 13.0. The summed E-state index contributed by atoms with van der Waals surface area (Å²) in [5, 5.41) is 12.3. The number of hydrogen-bond donors (Lipinski definition) is 0. The number of carbonyl (C=O) groups excluding carboxylic acids is 1. The normalized spacial score (nSPS) is 15.6. The number of thiophene rings is 1. The Morgan fingerprint density at radius 1 is 1.21 bits per heavy atom. The van der Waals surface area contributed by atoms with Gasteiger partial charge < -0.3 is 9.32 Å². The van der Waals surface area contributed by atoms with Crippen LogP contribution in [0.4, 0.5) is 0 Å². The summed E-state index contributed by atoms with van der Waals surface area (Å²) < 4.78 is 5.82. The van der Waals surface area contributed by atoms with E-state index in [0.29, 0.717) is 30.6 Å². The highest BCUT2D eigenvalue weighted by Crippen LogP contribution is 2.30. The minimum Gasteiger partial charge on any atom is -0.420 e. The lowest BCUT2D eigenvalue weighted by atomic mass is 9.96. The first-order valence-corrected chi connectivity index (χ1v) is 8.82. The summed E-state index contributed by atoms with van der Waals surface area (Å²) in [4.78, 5) is 18.4. The quantitative estimate of drug-likeness (QED) is 0.732. The summed E-state index contributed by atoms with van der Waals surface area (Å²) in [6.07, 6.45) is 3.29. The molecule has 0 atom stereocenters. The Bertz CT molecular complexity index is 808. The molecule has 6 nitrogen and oxygen atoms in total. The second-order valence-electron chi connectivity index (χ2n) is 5.74. The van der Waals surface area contributed by atoms with Crippen molar-refractivity contribution in [2.45, 2.75) is 18.8 Å². The molecule has 1 aliphatic rings. The largest absolute Gasteiger partial charge is 0.420 e. The van der Waals surface area contributed by atoms with Gasteiger partial charge in [-0.2, -0.15) is 11.3 Å². The first-order valence-electron chi connectivity index (χ1n) is 7.87. The first-order chi connectivity index (χ1) is 11.8. The van der Waals surface area contributed by atoms with E-state index in [1.807, 2.05) is 33.9 Å². The molecular formula is C17H16N4O2S. The molecule has 0 aromatic carbocycles. The predicted octanol–water partition coefficient (Wildman–Crippen LogP) is 3.21. The Balaban J connectivity index is 1.40. The lowest BCUT2D eigenvalue weighted by Crippen LogP contribution is -2.38. The topological polar surface area (TPSA) is 72.1 Å². The van der Waals surface area contributed by atoms with Crippen LogP contribution < -0.4 is 0 Å². The Labute approximate surface area is 143 Å². The lowest BCUT2D eigenvalue weighted by Gasteiger charge is -2.30. The van der Waals surface area contributed by atoms with Gasteiger partial charge in [0.15, 0.2) is 0 Å². The molecule has 4 rings (SSSR count). The maximum Gasteiger partial charge on any atom is 0.272 e. The molecule has 0 spiro atoms. The molecule has 7 heteroatoms. The third-order valence-electron chi connectivity index (χ3n) is 4.22. The van der Waals surface area contributed by atoms with Crippen LogP contribution in [0.3, 0.4) is 0 Å². The van der Waals surface area contributed by atoms with Gasteiger partial charge in [0.1, 0.15) is 5.69 Å². The number of hydrogen-bond acceptors (Lipinski definition) is 6. The van der Waals surface area contributed by atoms with Crippen LogP contribution in [-0.2, 0) is 0 Å². The fourth-order valence-corrected chi connectivity index (χ4v) is 3.51. The molecule has 1 fully saturated rings.